The van der Waals surface area contributed by atoms with Gasteiger partial charge in [-0.3, -0.25) is 0 Å². The maximum atomic E-state index is 9.32. The highest BCUT2D eigenvalue weighted by molar-refractivity contribution is 5.28. The van der Waals surface area contributed by atoms with Gasteiger partial charge in [-0.1, -0.05) is 44.7 Å². The van der Waals surface area contributed by atoms with E-state index in [1.165, 1.54) is 56.9 Å². The van der Waals surface area contributed by atoms with Crippen LogP contribution in [-0.2, 0) is 0 Å². The minimum Gasteiger partial charge on any atom is -0.508 e. The Morgan fingerprint density at radius 2 is 1.67 bits per heavy atom. The van der Waals surface area contributed by atoms with Crippen LogP contribution in [0.5, 0.6) is 5.75 Å². The normalized spacial score (nSPS) is 24.1. The number of phenolic OH excluding ortho intramolecular Hbond substituents is 1. The molecule has 1 aliphatic carbocycles. The Kier molecular flexibility index (Phi) is 5.10. The van der Waals surface area contributed by atoms with E-state index in [0.29, 0.717) is 5.75 Å². The first-order chi connectivity index (χ1) is 8.79. The molecule has 100 valence electrons. The lowest BCUT2D eigenvalue weighted by atomic mass is 9.77. The van der Waals surface area contributed by atoms with Crippen molar-refractivity contribution in [2.45, 2.75) is 64.2 Å². The Morgan fingerprint density at radius 1 is 1.00 bits per heavy atom. The highest BCUT2D eigenvalue weighted by Crippen LogP contribution is 2.37. The maximum Gasteiger partial charge on any atom is 0.115 e. The Bertz CT molecular complexity index is 333. The molecule has 1 N–H and O–H groups in total. The van der Waals surface area contributed by atoms with Crippen LogP contribution in [0.2, 0.25) is 0 Å². The van der Waals surface area contributed by atoms with E-state index in [-0.39, 0.29) is 0 Å². The van der Waals surface area contributed by atoms with E-state index in [0.717, 1.165) is 11.8 Å². The van der Waals surface area contributed by atoms with E-state index in [2.05, 4.69) is 19.1 Å². The molecule has 0 amide bonds. The zero-order valence-corrected chi connectivity index (χ0v) is 11.6. The molecule has 0 aromatic heterocycles. The monoisotopic (exact) mass is 246 g/mol. The minimum absolute atomic E-state index is 0.381. The van der Waals surface area contributed by atoms with E-state index in [1.807, 2.05) is 12.1 Å². The molecule has 0 bridgehead atoms. The van der Waals surface area contributed by atoms with Crippen molar-refractivity contribution >= 4 is 0 Å². The van der Waals surface area contributed by atoms with Gasteiger partial charge >= 0.3 is 0 Å². The van der Waals surface area contributed by atoms with E-state index in [9.17, 15) is 5.11 Å². The van der Waals surface area contributed by atoms with Gasteiger partial charge in [0.25, 0.3) is 0 Å². The lowest BCUT2D eigenvalue weighted by Crippen LogP contribution is -2.13. The van der Waals surface area contributed by atoms with Gasteiger partial charge in [0, 0.05) is 0 Å². The van der Waals surface area contributed by atoms with Crippen molar-refractivity contribution in [2.24, 2.45) is 5.92 Å². The summed E-state index contributed by atoms with van der Waals surface area (Å²) in [7, 11) is 0. The average Bonchev–Trinajstić information content (AvgIpc) is 2.41. The molecule has 1 saturated carbocycles. The van der Waals surface area contributed by atoms with Crippen molar-refractivity contribution in [3.63, 3.8) is 0 Å². The molecular weight excluding hydrogens is 220 g/mol. The fraction of sp³-hybridized carbons (Fsp3) is 0.647. The molecule has 0 saturated heterocycles. The third-order valence-corrected chi connectivity index (χ3v) is 4.43. The zero-order chi connectivity index (χ0) is 12.8. The molecule has 18 heavy (non-hydrogen) atoms. The van der Waals surface area contributed by atoms with Crippen molar-refractivity contribution in [2.75, 3.05) is 0 Å². The SMILES string of the molecule is CCCCCC1CCC(c2ccc(O)cc2)CC1. The Labute approximate surface area is 111 Å². The Morgan fingerprint density at radius 3 is 2.28 bits per heavy atom. The summed E-state index contributed by atoms with van der Waals surface area (Å²) < 4.78 is 0. The van der Waals surface area contributed by atoms with Crippen LogP contribution in [0.15, 0.2) is 24.3 Å². The molecule has 0 radical (unpaired) electrons. The number of unbranched alkanes of at least 4 members (excludes halogenated alkanes) is 2. The molecule has 1 aromatic rings. The summed E-state index contributed by atoms with van der Waals surface area (Å²) in [4.78, 5) is 0. The van der Waals surface area contributed by atoms with Crippen molar-refractivity contribution in [1.29, 1.82) is 0 Å². The highest BCUT2D eigenvalue weighted by Gasteiger charge is 2.21. The predicted octanol–water partition coefficient (Wildman–Crippen LogP) is 5.25. The standard InChI is InChI=1S/C17H26O/c1-2-3-4-5-14-6-8-15(9-7-14)16-10-12-17(18)13-11-16/h10-15,18H,2-9H2,1H3. The van der Waals surface area contributed by atoms with Gasteiger partial charge in [0.15, 0.2) is 0 Å². The van der Waals surface area contributed by atoms with E-state index >= 15 is 0 Å². The third kappa shape index (κ3) is 3.76. The topological polar surface area (TPSA) is 20.2 Å². The van der Waals surface area contributed by atoms with Gasteiger partial charge in [0.2, 0.25) is 0 Å². The lowest BCUT2D eigenvalue weighted by Gasteiger charge is -2.28. The molecule has 1 nitrogen and oxygen atoms in total. The van der Waals surface area contributed by atoms with Crippen LogP contribution in [0.25, 0.3) is 0 Å². The fourth-order valence-corrected chi connectivity index (χ4v) is 3.21. The zero-order valence-electron chi connectivity index (χ0n) is 11.6. The van der Waals surface area contributed by atoms with Gasteiger partial charge in [-0.15, -0.1) is 0 Å². The first kappa shape index (κ1) is 13.5. The van der Waals surface area contributed by atoms with Crippen LogP contribution in [0.3, 0.4) is 0 Å². The van der Waals surface area contributed by atoms with E-state index < -0.39 is 0 Å². The number of hydrogen-bond donors (Lipinski definition) is 1. The third-order valence-electron chi connectivity index (χ3n) is 4.43. The van der Waals surface area contributed by atoms with Crippen LogP contribution in [0.4, 0.5) is 0 Å². The minimum atomic E-state index is 0.381. The van der Waals surface area contributed by atoms with Gasteiger partial charge in [-0.25, -0.2) is 0 Å². The van der Waals surface area contributed by atoms with Gasteiger partial charge in [0.1, 0.15) is 5.75 Å². The number of phenols is 1. The summed E-state index contributed by atoms with van der Waals surface area (Å²) in [5.41, 5.74) is 1.42. The van der Waals surface area contributed by atoms with Gasteiger partial charge in [-0.2, -0.15) is 0 Å². The van der Waals surface area contributed by atoms with Crippen LogP contribution in [0.1, 0.15) is 69.8 Å². The van der Waals surface area contributed by atoms with Gasteiger partial charge < -0.3 is 5.11 Å². The number of rotatable bonds is 5. The van der Waals surface area contributed by atoms with E-state index in [1.54, 1.807) is 0 Å². The Hall–Kier alpha value is -0.980. The first-order valence-electron chi connectivity index (χ1n) is 7.58. The molecule has 0 unspecified atom stereocenters. The summed E-state index contributed by atoms with van der Waals surface area (Å²) in [6.45, 7) is 2.28. The first-order valence-corrected chi connectivity index (χ1v) is 7.58. The van der Waals surface area contributed by atoms with Crippen molar-refractivity contribution < 1.29 is 5.11 Å². The fourth-order valence-electron chi connectivity index (χ4n) is 3.21. The quantitative estimate of drug-likeness (QED) is 0.704. The van der Waals surface area contributed by atoms with E-state index in [4.69, 9.17) is 0 Å². The smallest absolute Gasteiger partial charge is 0.115 e. The maximum absolute atomic E-state index is 9.32. The van der Waals surface area contributed by atoms with Crippen molar-refractivity contribution in [3.05, 3.63) is 29.8 Å². The predicted molar refractivity (Wildman–Crippen MR) is 76.9 cm³/mol. The number of hydrogen-bond acceptors (Lipinski definition) is 1. The summed E-state index contributed by atoms with van der Waals surface area (Å²) in [5, 5.41) is 9.32. The van der Waals surface area contributed by atoms with Crippen LogP contribution >= 0.6 is 0 Å². The second kappa shape index (κ2) is 6.82. The van der Waals surface area contributed by atoms with Crippen molar-refractivity contribution in [3.8, 4) is 5.75 Å². The summed E-state index contributed by atoms with van der Waals surface area (Å²) in [6.07, 6.45) is 11.1. The molecule has 1 fully saturated rings. The lowest BCUT2D eigenvalue weighted by molar-refractivity contribution is 0.302. The summed E-state index contributed by atoms with van der Waals surface area (Å²) in [6, 6.07) is 7.83. The summed E-state index contributed by atoms with van der Waals surface area (Å²) in [5.74, 6) is 2.09. The van der Waals surface area contributed by atoms with Crippen LogP contribution < -0.4 is 0 Å². The second-order valence-corrected chi connectivity index (χ2v) is 5.80. The molecule has 1 aromatic carbocycles. The molecule has 0 atom stereocenters. The Balaban J connectivity index is 1.77. The molecule has 0 spiro atoms. The molecular formula is C17H26O. The van der Waals surface area contributed by atoms with Crippen LogP contribution in [-0.4, -0.2) is 5.11 Å². The number of benzene rings is 1. The molecule has 1 heteroatoms. The molecule has 1 aliphatic rings. The molecule has 0 heterocycles. The molecule has 2 rings (SSSR count). The summed E-state index contributed by atoms with van der Waals surface area (Å²) >= 11 is 0. The van der Waals surface area contributed by atoms with Crippen molar-refractivity contribution in [1.82, 2.24) is 0 Å². The highest BCUT2D eigenvalue weighted by atomic mass is 16.3. The van der Waals surface area contributed by atoms with Crippen LogP contribution in [0, 0.1) is 5.92 Å². The number of aromatic hydroxyl groups is 1. The van der Waals surface area contributed by atoms with Gasteiger partial charge in [-0.05, 0) is 55.2 Å². The largest absolute Gasteiger partial charge is 0.508 e. The second-order valence-electron chi connectivity index (χ2n) is 5.80. The average molecular weight is 246 g/mol. The van der Waals surface area contributed by atoms with Gasteiger partial charge in [0.05, 0.1) is 0 Å². The molecule has 0 aliphatic heterocycles.